The molecule has 1 amide bonds. The molecule has 0 saturated carbocycles. The molecule has 1 aliphatic heterocycles. The van der Waals surface area contributed by atoms with E-state index in [1.165, 1.54) is 0 Å². The van der Waals surface area contributed by atoms with Gasteiger partial charge in [0.15, 0.2) is 0 Å². The maximum absolute atomic E-state index is 12.2. The lowest BCUT2D eigenvalue weighted by molar-refractivity contribution is -0.131. The molecule has 1 aliphatic rings. The monoisotopic (exact) mass is 325 g/mol. The smallest absolute Gasteiger partial charge is 0.226 e. The van der Waals surface area contributed by atoms with Crippen molar-refractivity contribution in [3.63, 3.8) is 0 Å². The zero-order valence-corrected chi connectivity index (χ0v) is 13.1. The van der Waals surface area contributed by atoms with Crippen molar-refractivity contribution in [3.8, 4) is 5.75 Å². The van der Waals surface area contributed by atoms with Crippen LogP contribution in [0.25, 0.3) is 0 Å². The van der Waals surface area contributed by atoms with Crippen molar-refractivity contribution in [2.45, 2.75) is 26.2 Å². The van der Waals surface area contributed by atoms with E-state index >= 15 is 0 Å². The second-order valence-corrected chi connectivity index (χ2v) is 6.06. The van der Waals surface area contributed by atoms with E-state index in [-0.39, 0.29) is 5.91 Å². The Morgan fingerprint density at radius 2 is 2.11 bits per heavy atom. The molecule has 1 aromatic carbocycles. The summed E-state index contributed by atoms with van der Waals surface area (Å²) in [5.74, 6) is 1.77. The molecular formula is C15H20BrNO2. The van der Waals surface area contributed by atoms with E-state index in [0.29, 0.717) is 6.42 Å². The quantitative estimate of drug-likeness (QED) is 0.853. The van der Waals surface area contributed by atoms with Crippen LogP contribution in [0.5, 0.6) is 5.75 Å². The normalized spacial score (nSPS) is 16.5. The van der Waals surface area contributed by atoms with E-state index in [1.54, 1.807) is 7.11 Å². The molecule has 3 nitrogen and oxygen atoms in total. The highest BCUT2D eigenvalue weighted by Crippen LogP contribution is 2.26. The van der Waals surface area contributed by atoms with Gasteiger partial charge in [-0.1, -0.05) is 13.0 Å². The number of hydrogen-bond donors (Lipinski definition) is 0. The van der Waals surface area contributed by atoms with Crippen molar-refractivity contribution < 1.29 is 9.53 Å². The van der Waals surface area contributed by atoms with Gasteiger partial charge in [-0.25, -0.2) is 0 Å². The molecule has 104 valence electrons. The van der Waals surface area contributed by atoms with E-state index in [2.05, 4.69) is 22.9 Å². The number of carbonyl (C=O) groups excluding carboxylic acids is 1. The van der Waals surface area contributed by atoms with E-state index < -0.39 is 0 Å². The van der Waals surface area contributed by atoms with Crippen LogP contribution in [-0.2, 0) is 11.2 Å². The lowest BCUT2D eigenvalue weighted by Gasteiger charge is -2.30. The summed E-state index contributed by atoms with van der Waals surface area (Å²) in [6.45, 7) is 4.05. The van der Waals surface area contributed by atoms with Crippen LogP contribution in [0.4, 0.5) is 0 Å². The van der Waals surface area contributed by atoms with Crippen molar-refractivity contribution >= 4 is 21.8 Å². The van der Waals surface area contributed by atoms with Crippen LogP contribution in [0.15, 0.2) is 22.7 Å². The molecule has 0 aromatic heterocycles. The number of benzene rings is 1. The van der Waals surface area contributed by atoms with Gasteiger partial charge in [-0.3, -0.25) is 4.79 Å². The molecule has 0 radical (unpaired) electrons. The Labute approximate surface area is 123 Å². The zero-order chi connectivity index (χ0) is 13.8. The Balaban J connectivity index is 1.97. The van der Waals surface area contributed by atoms with Gasteiger partial charge in [-0.05, 0) is 52.4 Å². The number of hydrogen-bond acceptors (Lipinski definition) is 2. The predicted octanol–water partition coefficient (Wildman–Crippen LogP) is 3.26. The van der Waals surface area contributed by atoms with Crippen molar-refractivity contribution in [3.05, 3.63) is 28.2 Å². The molecule has 19 heavy (non-hydrogen) atoms. The van der Waals surface area contributed by atoms with Crippen LogP contribution < -0.4 is 4.74 Å². The molecule has 0 unspecified atom stereocenters. The molecule has 1 aromatic rings. The molecular weight excluding hydrogens is 306 g/mol. The summed E-state index contributed by atoms with van der Waals surface area (Å²) in [6, 6.07) is 5.81. The number of nitrogens with zero attached hydrogens (tertiary/aromatic N) is 1. The first-order valence-electron chi connectivity index (χ1n) is 6.70. The largest absolute Gasteiger partial charge is 0.496 e. The zero-order valence-electron chi connectivity index (χ0n) is 11.5. The summed E-state index contributed by atoms with van der Waals surface area (Å²) in [5.41, 5.74) is 1.02. The Bertz CT molecular complexity index is 453. The first-order valence-corrected chi connectivity index (χ1v) is 7.49. The predicted molar refractivity (Wildman–Crippen MR) is 79.4 cm³/mol. The summed E-state index contributed by atoms with van der Waals surface area (Å²) >= 11 is 3.45. The number of amides is 1. The standard InChI is InChI=1S/C15H20BrNO2/c1-11-5-7-17(8-6-11)15(18)10-12-3-4-14(19-2)13(16)9-12/h3-4,9,11H,5-8,10H2,1-2H3. The SMILES string of the molecule is COc1ccc(CC(=O)N2CCC(C)CC2)cc1Br. The summed E-state index contributed by atoms with van der Waals surface area (Å²) in [5, 5.41) is 0. The van der Waals surface area contributed by atoms with Crippen molar-refractivity contribution in [2.24, 2.45) is 5.92 Å². The van der Waals surface area contributed by atoms with Crippen molar-refractivity contribution in [1.82, 2.24) is 4.90 Å². The Kier molecular flexibility index (Phi) is 4.86. The number of rotatable bonds is 3. The van der Waals surface area contributed by atoms with Crippen LogP contribution in [0.2, 0.25) is 0 Å². The third-order valence-electron chi connectivity index (χ3n) is 3.71. The van der Waals surface area contributed by atoms with Gasteiger partial charge in [-0.15, -0.1) is 0 Å². The number of carbonyl (C=O) groups is 1. The maximum Gasteiger partial charge on any atom is 0.226 e. The number of piperidine rings is 1. The molecule has 0 spiro atoms. The summed E-state index contributed by atoms with van der Waals surface area (Å²) in [4.78, 5) is 14.2. The van der Waals surface area contributed by atoms with Gasteiger partial charge < -0.3 is 9.64 Å². The van der Waals surface area contributed by atoms with Crippen LogP contribution in [-0.4, -0.2) is 31.0 Å². The maximum atomic E-state index is 12.2. The number of halogens is 1. The van der Waals surface area contributed by atoms with Crippen LogP contribution >= 0.6 is 15.9 Å². The topological polar surface area (TPSA) is 29.5 Å². The minimum atomic E-state index is 0.226. The number of likely N-dealkylation sites (tertiary alicyclic amines) is 1. The highest BCUT2D eigenvalue weighted by molar-refractivity contribution is 9.10. The van der Waals surface area contributed by atoms with Crippen LogP contribution in [0, 0.1) is 5.92 Å². The molecule has 0 bridgehead atoms. The minimum Gasteiger partial charge on any atom is -0.496 e. The van der Waals surface area contributed by atoms with E-state index in [4.69, 9.17) is 4.74 Å². The molecule has 0 N–H and O–H groups in total. The summed E-state index contributed by atoms with van der Waals surface area (Å²) in [7, 11) is 1.64. The van der Waals surface area contributed by atoms with E-state index in [0.717, 1.165) is 47.6 Å². The third kappa shape index (κ3) is 3.72. The van der Waals surface area contributed by atoms with Crippen LogP contribution in [0.1, 0.15) is 25.3 Å². The average Bonchev–Trinajstić information content (AvgIpc) is 2.39. The van der Waals surface area contributed by atoms with Gasteiger partial charge in [0.1, 0.15) is 5.75 Å². The fourth-order valence-electron chi connectivity index (χ4n) is 2.36. The van der Waals surface area contributed by atoms with Gasteiger partial charge in [0.2, 0.25) is 5.91 Å². The van der Waals surface area contributed by atoms with Gasteiger partial charge in [0.25, 0.3) is 0 Å². The first-order chi connectivity index (χ1) is 9.10. The molecule has 1 heterocycles. The first kappa shape index (κ1) is 14.4. The molecule has 0 aliphatic carbocycles. The molecule has 1 fully saturated rings. The fourth-order valence-corrected chi connectivity index (χ4v) is 2.95. The van der Waals surface area contributed by atoms with Gasteiger partial charge in [0, 0.05) is 13.1 Å². The van der Waals surface area contributed by atoms with E-state index in [9.17, 15) is 4.79 Å². The Morgan fingerprint density at radius 3 is 2.68 bits per heavy atom. The van der Waals surface area contributed by atoms with E-state index in [1.807, 2.05) is 23.1 Å². The second-order valence-electron chi connectivity index (χ2n) is 5.21. The van der Waals surface area contributed by atoms with Crippen molar-refractivity contribution in [2.75, 3.05) is 20.2 Å². The van der Waals surface area contributed by atoms with Gasteiger partial charge in [0.05, 0.1) is 18.0 Å². The van der Waals surface area contributed by atoms with Crippen molar-refractivity contribution in [1.29, 1.82) is 0 Å². The number of ether oxygens (including phenoxy) is 1. The molecule has 4 heteroatoms. The fraction of sp³-hybridized carbons (Fsp3) is 0.533. The molecule has 0 atom stereocenters. The summed E-state index contributed by atoms with van der Waals surface area (Å²) < 4.78 is 6.09. The minimum absolute atomic E-state index is 0.226. The summed E-state index contributed by atoms with van der Waals surface area (Å²) in [6.07, 6.45) is 2.72. The Hall–Kier alpha value is -1.03. The van der Waals surface area contributed by atoms with Crippen LogP contribution in [0.3, 0.4) is 0 Å². The molecule has 1 saturated heterocycles. The van der Waals surface area contributed by atoms with Gasteiger partial charge in [-0.2, -0.15) is 0 Å². The average molecular weight is 326 g/mol. The highest BCUT2D eigenvalue weighted by atomic mass is 79.9. The Morgan fingerprint density at radius 1 is 1.42 bits per heavy atom. The number of methoxy groups -OCH3 is 1. The highest BCUT2D eigenvalue weighted by Gasteiger charge is 2.20. The lowest BCUT2D eigenvalue weighted by Crippen LogP contribution is -2.38. The lowest BCUT2D eigenvalue weighted by atomic mass is 9.98. The third-order valence-corrected chi connectivity index (χ3v) is 4.33. The molecule has 2 rings (SSSR count). The van der Waals surface area contributed by atoms with Gasteiger partial charge >= 0.3 is 0 Å². The second kappa shape index (κ2) is 6.42.